The minimum absolute atomic E-state index is 0.159. The second-order valence-electron chi connectivity index (χ2n) is 8.71. The number of hydrogen-bond donors (Lipinski definition) is 2. The van der Waals surface area contributed by atoms with Gasteiger partial charge in [-0.2, -0.15) is 0 Å². The lowest BCUT2D eigenvalue weighted by atomic mass is 10.0. The van der Waals surface area contributed by atoms with Crippen molar-refractivity contribution in [3.8, 4) is 17.6 Å². The maximum Gasteiger partial charge on any atom is 0.251 e. The maximum atomic E-state index is 12.8. The number of anilines is 1. The van der Waals surface area contributed by atoms with Gasteiger partial charge in [-0.3, -0.25) is 9.78 Å². The molecule has 0 spiro atoms. The number of ether oxygens (including phenoxy) is 1. The molecule has 7 nitrogen and oxygen atoms in total. The zero-order valence-corrected chi connectivity index (χ0v) is 20.7. The minimum atomic E-state index is -0.159. The third-order valence-electron chi connectivity index (χ3n) is 5.69. The van der Waals surface area contributed by atoms with Crippen LogP contribution in [-0.2, 0) is 6.54 Å². The van der Waals surface area contributed by atoms with Crippen molar-refractivity contribution in [2.24, 2.45) is 0 Å². The van der Waals surface area contributed by atoms with Gasteiger partial charge < -0.3 is 20.7 Å². The maximum absolute atomic E-state index is 12.8. The molecule has 0 aliphatic heterocycles. The number of aryl methyl sites for hydroxylation is 1. The van der Waals surface area contributed by atoms with Gasteiger partial charge in [0.2, 0.25) is 0 Å². The number of fused-ring (bicyclic) bond motifs is 1. The van der Waals surface area contributed by atoms with Crippen molar-refractivity contribution in [2.75, 3.05) is 33.0 Å². The molecule has 1 amide bonds. The molecule has 4 aromatic rings. The quantitative estimate of drug-likeness (QED) is 0.392. The van der Waals surface area contributed by atoms with Gasteiger partial charge in [0.05, 0.1) is 5.56 Å². The van der Waals surface area contributed by atoms with E-state index in [2.05, 4.69) is 32.0 Å². The number of benzene rings is 2. The summed E-state index contributed by atoms with van der Waals surface area (Å²) in [5.74, 6) is 7.38. The number of rotatable bonds is 7. The highest BCUT2D eigenvalue weighted by atomic mass is 16.5. The van der Waals surface area contributed by atoms with Gasteiger partial charge in [0, 0.05) is 42.0 Å². The second kappa shape index (κ2) is 11.3. The van der Waals surface area contributed by atoms with Crippen molar-refractivity contribution in [2.45, 2.75) is 13.5 Å². The molecule has 0 bridgehead atoms. The Hall–Kier alpha value is -4.41. The molecule has 0 saturated heterocycles. The molecule has 2 aromatic carbocycles. The molecule has 2 aromatic heterocycles. The van der Waals surface area contributed by atoms with Crippen molar-refractivity contribution in [1.82, 2.24) is 20.2 Å². The number of aromatic nitrogens is 2. The van der Waals surface area contributed by atoms with Crippen molar-refractivity contribution in [1.29, 1.82) is 0 Å². The molecule has 36 heavy (non-hydrogen) atoms. The lowest BCUT2D eigenvalue weighted by molar-refractivity contribution is 0.0951. The van der Waals surface area contributed by atoms with Crippen LogP contribution in [0.25, 0.3) is 10.9 Å². The third-order valence-corrected chi connectivity index (χ3v) is 5.69. The number of nitrogens with zero attached hydrogens (tertiary/aromatic N) is 3. The number of likely N-dealkylation sites (N-methyl/N-ethyl adjacent to an activating group) is 1. The number of nitrogens with two attached hydrogens (primary N) is 1. The molecule has 2 heterocycles. The van der Waals surface area contributed by atoms with Gasteiger partial charge in [0.1, 0.15) is 23.7 Å². The second-order valence-corrected chi connectivity index (χ2v) is 8.71. The summed E-state index contributed by atoms with van der Waals surface area (Å²) in [6.07, 6.45) is 3.33. The first kappa shape index (κ1) is 24.7. The van der Waals surface area contributed by atoms with Crippen LogP contribution in [0.15, 0.2) is 67.0 Å². The predicted octanol–water partition coefficient (Wildman–Crippen LogP) is 3.79. The van der Waals surface area contributed by atoms with E-state index in [9.17, 15) is 4.79 Å². The van der Waals surface area contributed by atoms with Gasteiger partial charge in [-0.15, -0.1) is 0 Å². The van der Waals surface area contributed by atoms with Crippen LogP contribution >= 0.6 is 0 Å². The van der Waals surface area contributed by atoms with Gasteiger partial charge in [-0.1, -0.05) is 30.0 Å². The Morgan fingerprint density at radius 1 is 1.06 bits per heavy atom. The van der Waals surface area contributed by atoms with Gasteiger partial charge in [0.15, 0.2) is 0 Å². The fraction of sp³-hybridized carbons (Fsp3) is 0.207. The summed E-state index contributed by atoms with van der Waals surface area (Å²) in [4.78, 5) is 23.4. The molecule has 3 N–H and O–H groups in total. The number of amides is 1. The van der Waals surface area contributed by atoms with E-state index in [-0.39, 0.29) is 5.91 Å². The Kier molecular flexibility index (Phi) is 7.79. The van der Waals surface area contributed by atoms with Crippen LogP contribution in [0.3, 0.4) is 0 Å². The fourth-order valence-electron chi connectivity index (χ4n) is 3.56. The van der Waals surface area contributed by atoms with Crippen LogP contribution in [0, 0.1) is 18.8 Å². The molecule has 0 unspecified atom stereocenters. The summed E-state index contributed by atoms with van der Waals surface area (Å²) >= 11 is 0. The molecule has 7 heteroatoms. The van der Waals surface area contributed by atoms with Gasteiger partial charge in [0.25, 0.3) is 5.91 Å². The summed E-state index contributed by atoms with van der Waals surface area (Å²) in [7, 11) is 4.02. The van der Waals surface area contributed by atoms with Crippen LogP contribution in [0.1, 0.15) is 32.6 Å². The number of carbonyl (C=O) groups is 1. The van der Waals surface area contributed by atoms with E-state index in [1.807, 2.05) is 75.6 Å². The highest BCUT2D eigenvalue weighted by Crippen LogP contribution is 2.20. The number of nitrogen functional groups attached to an aromatic ring is 1. The summed E-state index contributed by atoms with van der Waals surface area (Å²) in [5.41, 5.74) is 10.6. The fourth-order valence-corrected chi connectivity index (χ4v) is 3.56. The van der Waals surface area contributed by atoms with Crippen LogP contribution in [-0.4, -0.2) is 48.0 Å². The minimum Gasteiger partial charge on any atom is -0.492 e. The van der Waals surface area contributed by atoms with Crippen LogP contribution < -0.4 is 15.8 Å². The van der Waals surface area contributed by atoms with E-state index in [1.165, 1.54) is 0 Å². The lowest BCUT2D eigenvalue weighted by Crippen LogP contribution is -2.23. The van der Waals surface area contributed by atoms with Crippen LogP contribution in [0.2, 0.25) is 0 Å². The largest absolute Gasteiger partial charge is 0.492 e. The van der Waals surface area contributed by atoms with Crippen molar-refractivity contribution >= 4 is 22.6 Å². The Morgan fingerprint density at radius 3 is 2.61 bits per heavy atom. The van der Waals surface area contributed by atoms with Gasteiger partial charge >= 0.3 is 0 Å². The summed E-state index contributed by atoms with van der Waals surface area (Å²) < 4.78 is 5.72. The molecule has 0 aliphatic rings. The molecule has 0 radical (unpaired) electrons. The van der Waals surface area contributed by atoms with Crippen LogP contribution in [0.4, 0.5) is 5.82 Å². The topological polar surface area (TPSA) is 93.4 Å². The third kappa shape index (κ3) is 6.17. The molecule has 0 saturated carbocycles. The zero-order valence-electron chi connectivity index (χ0n) is 20.7. The Labute approximate surface area is 211 Å². The molecular formula is C29H29N5O2. The normalized spacial score (nSPS) is 10.7. The monoisotopic (exact) mass is 479 g/mol. The molecular weight excluding hydrogens is 450 g/mol. The first-order chi connectivity index (χ1) is 17.4. The van der Waals surface area contributed by atoms with E-state index in [0.29, 0.717) is 30.0 Å². The zero-order chi connectivity index (χ0) is 25.5. The van der Waals surface area contributed by atoms with Crippen molar-refractivity contribution in [3.05, 3.63) is 94.8 Å². The number of carbonyl (C=O) groups excluding carboxylic acids is 1. The first-order valence-corrected chi connectivity index (χ1v) is 11.7. The van der Waals surface area contributed by atoms with E-state index >= 15 is 0 Å². The van der Waals surface area contributed by atoms with Gasteiger partial charge in [-0.05, 0) is 68.5 Å². The van der Waals surface area contributed by atoms with E-state index < -0.39 is 0 Å². The van der Waals surface area contributed by atoms with Crippen molar-refractivity contribution < 1.29 is 9.53 Å². The van der Waals surface area contributed by atoms with E-state index in [0.717, 1.165) is 39.9 Å². The number of nitrogens with one attached hydrogen (secondary N) is 1. The molecule has 0 fully saturated rings. The summed E-state index contributed by atoms with van der Waals surface area (Å²) in [6, 6.07) is 17.0. The Balaban J connectivity index is 1.43. The number of pyridine rings is 2. The lowest BCUT2D eigenvalue weighted by Gasteiger charge is -2.11. The van der Waals surface area contributed by atoms with Gasteiger partial charge in [-0.25, -0.2) is 4.98 Å². The molecule has 4 rings (SSSR count). The van der Waals surface area contributed by atoms with E-state index in [4.69, 9.17) is 10.5 Å². The smallest absolute Gasteiger partial charge is 0.251 e. The average Bonchev–Trinajstić information content (AvgIpc) is 2.88. The molecule has 0 aliphatic carbocycles. The highest BCUT2D eigenvalue weighted by Gasteiger charge is 2.08. The molecule has 0 atom stereocenters. The SMILES string of the molecule is Cc1ccc(C(=O)NCc2ccc(OCCN(C)C)cc2)cc1C#Cc1cnc(N)c2ncccc12. The Morgan fingerprint density at radius 2 is 1.83 bits per heavy atom. The van der Waals surface area contributed by atoms with E-state index in [1.54, 1.807) is 12.4 Å². The van der Waals surface area contributed by atoms with Crippen LogP contribution in [0.5, 0.6) is 5.75 Å². The Bertz CT molecular complexity index is 1440. The molecule has 182 valence electrons. The predicted molar refractivity (Wildman–Crippen MR) is 143 cm³/mol. The summed E-state index contributed by atoms with van der Waals surface area (Å²) in [5, 5.41) is 3.82. The average molecular weight is 480 g/mol. The first-order valence-electron chi connectivity index (χ1n) is 11.7. The highest BCUT2D eigenvalue weighted by molar-refractivity contribution is 5.95. The standard InChI is InChI=1S/C29H29N5O2/c1-20-6-9-23(29(35)33-18-21-7-12-25(13-8-21)36-16-15-34(2)3)17-22(20)10-11-24-19-32-28(30)27-26(24)5-4-14-31-27/h4-9,12-14,17,19H,15-16,18H2,1-3H3,(H2,30,32)(H,33,35). The summed E-state index contributed by atoms with van der Waals surface area (Å²) in [6.45, 7) is 3.87. The van der Waals surface area contributed by atoms with Crippen molar-refractivity contribution in [3.63, 3.8) is 0 Å². The number of hydrogen-bond acceptors (Lipinski definition) is 6.